The maximum Gasteiger partial charge on any atom is 0.322 e. The highest BCUT2D eigenvalue weighted by atomic mass is 35.5. The van der Waals surface area contributed by atoms with Gasteiger partial charge in [0.2, 0.25) is 0 Å². The number of thiazole rings is 1. The van der Waals surface area contributed by atoms with Crippen molar-refractivity contribution in [1.29, 1.82) is 0 Å². The third-order valence-corrected chi connectivity index (χ3v) is 4.07. The zero-order chi connectivity index (χ0) is 17.1. The van der Waals surface area contributed by atoms with E-state index in [9.17, 15) is 4.79 Å². The Labute approximate surface area is 150 Å². The van der Waals surface area contributed by atoms with Crippen LogP contribution in [0.1, 0.15) is 5.01 Å². The number of nitrogens with one attached hydrogen (secondary N) is 1. The Morgan fingerprint density at radius 1 is 1.38 bits per heavy atom. The molecule has 0 aliphatic rings. The highest BCUT2D eigenvalue weighted by Gasteiger charge is 2.14. The maximum absolute atomic E-state index is 11.9. The topological polar surface area (TPSA) is 90.1 Å². The summed E-state index contributed by atoms with van der Waals surface area (Å²) in [5.41, 5.74) is 0.565. The largest absolute Gasteiger partial charge is 0.482 e. The van der Waals surface area contributed by atoms with Crippen molar-refractivity contribution < 1.29 is 13.9 Å². The molecule has 0 atom stereocenters. The molecule has 124 valence electrons. The minimum absolute atomic E-state index is 0.0357. The summed E-state index contributed by atoms with van der Waals surface area (Å²) in [6, 6.07) is 4.68. The normalized spacial score (nSPS) is 10.6. The fraction of sp³-hybridized carbons (Fsp3) is 0.143. The summed E-state index contributed by atoms with van der Waals surface area (Å²) in [6.07, 6.45) is 0. The van der Waals surface area contributed by atoms with Crippen molar-refractivity contribution in [3.63, 3.8) is 0 Å². The van der Waals surface area contributed by atoms with Crippen LogP contribution in [-0.2, 0) is 4.79 Å². The third kappa shape index (κ3) is 4.02. The van der Waals surface area contributed by atoms with Crippen LogP contribution in [0.3, 0.4) is 0 Å². The van der Waals surface area contributed by atoms with E-state index in [2.05, 4.69) is 20.5 Å². The number of rotatable bonds is 5. The fourth-order valence-electron chi connectivity index (χ4n) is 1.73. The molecule has 24 heavy (non-hydrogen) atoms. The molecule has 10 heteroatoms. The zero-order valence-electron chi connectivity index (χ0n) is 12.2. The molecule has 0 spiro atoms. The first-order valence-corrected chi connectivity index (χ1v) is 8.28. The lowest BCUT2D eigenvalue weighted by Crippen LogP contribution is -2.20. The molecule has 0 radical (unpaired) electrons. The Morgan fingerprint density at radius 3 is 2.92 bits per heavy atom. The number of anilines is 1. The Morgan fingerprint density at radius 2 is 2.21 bits per heavy atom. The second kappa shape index (κ2) is 7.16. The van der Waals surface area contributed by atoms with E-state index in [1.165, 1.54) is 17.4 Å². The Bertz CT molecular complexity index is 881. The van der Waals surface area contributed by atoms with Gasteiger partial charge in [-0.1, -0.05) is 28.3 Å². The van der Waals surface area contributed by atoms with Gasteiger partial charge in [0.15, 0.2) is 6.61 Å². The number of benzene rings is 1. The molecule has 1 amide bonds. The van der Waals surface area contributed by atoms with Gasteiger partial charge >= 0.3 is 6.01 Å². The Balaban J connectivity index is 1.58. The SMILES string of the molecule is Cc1nc(-c2nnc(NC(=O)COc3ccc(Cl)cc3Cl)o2)cs1. The Hall–Kier alpha value is -2.16. The second-order valence-corrected chi connectivity index (χ2v) is 6.48. The van der Waals surface area contributed by atoms with Gasteiger partial charge in [-0.2, -0.15) is 0 Å². The highest BCUT2D eigenvalue weighted by Crippen LogP contribution is 2.27. The summed E-state index contributed by atoms with van der Waals surface area (Å²) >= 11 is 13.2. The van der Waals surface area contributed by atoms with Crippen LogP contribution in [0.4, 0.5) is 6.01 Å². The number of ether oxygens (including phenoxy) is 1. The molecule has 0 unspecified atom stereocenters. The molecular formula is C14H10Cl2N4O3S. The predicted octanol–water partition coefficient (Wildman–Crippen LogP) is 3.83. The van der Waals surface area contributed by atoms with Crippen molar-refractivity contribution in [3.05, 3.63) is 38.6 Å². The molecule has 1 N–H and O–H groups in total. The van der Waals surface area contributed by atoms with E-state index >= 15 is 0 Å². The van der Waals surface area contributed by atoms with Gasteiger partial charge in [-0.05, 0) is 25.1 Å². The van der Waals surface area contributed by atoms with E-state index in [4.69, 9.17) is 32.4 Å². The van der Waals surface area contributed by atoms with E-state index in [0.717, 1.165) is 5.01 Å². The lowest BCUT2D eigenvalue weighted by Gasteiger charge is -2.07. The summed E-state index contributed by atoms with van der Waals surface area (Å²) in [4.78, 5) is 16.1. The van der Waals surface area contributed by atoms with Gasteiger partial charge in [0, 0.05) is 10.4 Å². The summed E-state index contributed by atoms with van der Waals surface area (Å²) in [5.74, 6) is 0.113. The number of aryl methyl sites for hydroxylation is 1. The molecule has 0 aliphatic heterocycles. The number of amides is 1. The molecular weight excluding hydrogens is 375 g/mol. The standard InChI is InChI=1S/C14H10Cl2N4O3S/c1-7-17-10(6-24-7)13-19-20-14(23-13)18-12(21)5-22-11-3-2-8(15)4-9(11)16/h2-4,6H,5H2,1H3,(H,18,20,21). The van der Waals surface area contributed by atoms with Crippen molar-refractivity contribution in [2.24, 2.45) is 0 Å². The summed E-state index contributed by atoms with van der Waals surface area (Å²) in [5, 5.41) is 13.5. The van der Waals surface area contributed by atoms with Crippen LogP contribution < -0.4 is 10.1 Å². The summed E-state index contributed by atoms with van der Waals surface area (Å²) in [6.45, 7) is 1.60. The third-order valence-electron chi connectivity index (χ3n) is 2.76. The van der Waals surface area contributed by atoms with E-state index in [-0.39, 0.29) is 18.5 Å². The number of carbonyl (C=O) groups excluding carboxylic acids is 1. The molecule has 3 rings (SSSR count). The van der Waals surface area contributed by atoms with Gasteiger partial charge in [-0.3, -0.25) is 10.1 Å². The minimum atomic E-state index is -0.467. The zero-order valence-corrected chi connectivity index (χ0v) is 14.6. The quantitative estimate of drug-likeness (QED) is 0.718. The van der Waals surface area contributed by atoms with E-state index in [1.807, 2.05) is 6.92 Å². The first-order valence-electron chi connectivity index (χ1n) is 6.65. The molecule has 3 aromatic rings. The van der Waals surface area contributed by atoms with Crippen molar-refractivity contribution >= 4 is 46.5 Å². The lowest BCUT2D eigenvalue weighted by molar-refractivity contribution is -0.118. The van der Waals surface area contributed by atoms with Crippen molar-refractivity contribution in [2.75, 3.05) is 11.9 Å². The number of aromatic nitrogens is 3. The van der Waals surface area contributed by atoms with E-state index < -0.39 is 5.91 Å². The van der Waals surface area contributed by atoms with Crippen molar-refractivity contribution in [2.45, 2.75) is 6.92 Å². The Kier molecular flexibility index (Phi) is 4.98. The molecule has 0 aliphatic carbocycles. The van der Waals surface area contributed by atoms with Gasteiger partial charge in [-0.15, -0.1) is 16.4 Å². The molecule has 2 heterocycles. The molecule has 7 nitrogen and oxygen atoms in total. The molecule has 1 aromatic carbocycles. The summed E-state index contributed by atoms with van der Waals surface area (Å²) < 4.78 is 10.7. The van der Waals surface area contributed by atoms with Gasteiger partial charge in [0.1, 0.15) is 11.4 Å². The van der Waals surface area contributed by atoms with Crippen LogP contribution >= 0.6 is 34.5 Å². The predicted molar refractivity (Wildman–Crippen MR) is 90.7 cm³/mol. The van der Waals surface area contributed by atoms with E-state index in [0.29, 0.717) is 21.5 Å². The van der Waals surface area contributed by atoms with Gasteiger partial charge in [0.05, 0.1) is 10.0 Å². The highest BCUT2D eigenvalue weighted by molar-refractivity contribution is 7.09. The van der Waals surface area contributed by atoms with Gasteiger partial charge in [0.25, 0.3) is 11.8 Å². The van der Waals surface area contributed by atoms with Crippen molar-refractivity contribution in [1.82, 2.24) is 15.2 Å². The smallest absolute Gasteiger partial charge is 0.322 e. The average molecular weight is 385 g/mol. The number of carbonyl (C=O) groups is 1. The second-order valence-electron chi connectivity index (χ2n) is 4.58. The number of hydrogen-bond acceptors (Lipinski definition) is 7. The number of halogens is 2. The van der Waals surface area contributed by atoms with E-state index in [1.54, 1.807) is 17.5 Å². The van der Waals surface area contributed by atoms with Crippen LogP contribution in [0, 0.1) is 6.92 Å². The fourth-order valence-corrected chi connectivity index (χ4v) is 2.78. The van der Waals surface area contributed by atoms with Crippen LogP contribution in [0.2, 0.25) is 10.0 Å². The van der Waals surface area contributed by atoms with Crippen molar-refractivity contribution in [3.8, 4) is 17.3 Å². The average Bonchev–Trinajstić information content (AvgIpc) is 3.15. The summed E-state index contributed by atoms with van der Waals surface area (Å²) in [7, 11) is 0. The first-order chi connectivity index (χ1) is 11.5. The minimum Gasteiger partial charge on any atom is -0.482 e. The van der Waals surface area contributed by atoms with Crippen LogP contribution in [-0.4, -0.2) is 27.7 Å². The monoisotopic (exact) mass is 384 g/mol. The van der Waals surface area contributed by atoms with Gasteiger partial charge in [-0.25, -0.2) is 4.98 Å². The molecule has 2 aromatic heterocycles. The molecule has 0 bridgehead atoms. The van der Waals surface area contributed by atoms with Crippen LogP contribution in [0.25, 0.3) is 11.6 Å². The number of hydrogen-bond donors (Lipinski definition) is 1. The lowest BCUT2D eigenvalue weighted by atomic mass is 10.3. The first kappa shape index (κ1) is 16.7. The van der Waals surface area contributed by atoms with Crippen LogP contribution in [0.5, 0.6) is 5.75 Å². The molecule has 0 saturated carbocycles. The molecule has 0 fully saturated rings. The van der Waals surface area contributed by atoms with Crippen LogP contribution in [0.15, 0.2) is 28.0 Å². The maximum atomic E-state index is 11.9. The molecule has 0 saturated heterocycles. The van der Waals surface area contributed by atoms with Gasteiger partial charge < -0.3 is 9.15 Å². The number of nitrogens with zero attached hydrogens (tertiary/aromatic N) is 3.